The van der Waals surface area contributed by atoms with E-state index in [9.17, 15) is 4.39 Å². The van der Waals surface area contributed by atoms with Gasteiger partial charge in [-0.05, 0) is 54.6 Å². The van der Waals surface area contributed by atoms with Gasteiger partial charge in [-0.2, -0.15) is 0 Å². The normalized spacial score (nSPS) is 10.7. The summed E-state index contributed by atoms with van der Waals surface area (Å²) >= 11 is 12.0. The molecule has 0 bridgehead atoms. The second kappa shape index (κ2) is 7.87. The van der Waals surface area contributed by atoms with Crippen LogP contribution in [-0.4, -0.2) is 7.05 Å². The van der Waals surface area contributed by atoms with Crippen LogP contribution in [0.3, 0.4) is 0 Å². The third-order valence-corrected chi connectivity index (χ3v) is 4.46. The summed E-state index contributed by atoms with van der Waals surface area (Å²) in [4.78, 5) is 0. The molecule has 128 valence electrons. The Kier molecular flexibility index (Phi) is 5.59. The molecule has 0 fully saturated rings. The van der Waals surface area contributed by atoms with Gasteiger partial charge in [0, 0.05) is 18.2 Å². The Bertz CT molecular complexity index is 881. The molecule has 0 saturated heterocycles. The Morgan fingerprint density at radius 2 is 1.60 bits per heavy atom. The van der Waals surface area contributed by atoms with Gasteiger partial charge in [0.05, 0.1) is 10.0 Å². The Morgan fingerprint density at radius 1 is 0.880 bits per heavy atom. The molecular formula is C20H16Cl2FNO. The molecule has 0 aromatic heterocycles. The van der Waals surface area contributed by atoms with Gasteiger partial charge in [0.15, 0.2) is 0 Å². The van der Waals surface area contributed by atoms with E-state index in [0.29, 0.717) is 22.3 Å². The van der Waals surface area contributed by atoms with E-state index in [1.165, 1.54) is 12.1 Å². The van der Waals surface area contributed by atoms with Gasteiger partial charge in [-0.25, -0.2) is 4.39 Å². The van der Waals surface area contributed by atoms with Crippen molar-refractivity contribution in [2.24, 2.45) is 0 Å². The third kappa shape index (κ3) is 4.31. The molecule has 0 radical (unpaired) electrons. The van der Waals surface area contributed by atoms with Crippen molar-refractivity contribution in [3.05, 3.63) is 82.1 Å². The average molecular weight is 376 g/mol. The number of nitrogens with one attached hydrogen (secondary N) is 1. The molecule has 5 heteroatoms. The van der Waals surface area contributed by atoms with E-state index in [0.717, 1.165) is 22.4 Å². The minimum absolute atomic E-state index is 0.251. The number of halogens is 3. The summed E-state index contributed by atoms with van der Waals surface area (Å²) in [6.45, 7) is 0.631. The lowest BCUT2D eigenvalue weighted by Crippen LogP contribution is -2.06. The second-order valence-corrected chi connectivity index (χ2v) is 6.35. The molecule has 0 aliphatic rings. The van der Waals surface area contributed by atoms with E-state index < -0.39 is 0 Å². The van der Waals surface area contributed by atoms with Gasteiger partial charge in [0.1, 0.15) is 17.3 Å². The molecule has 0 aliphatic carbocycles. The summed E-state index contributed by atoms with van der Waals surface area (Å²) in [6, 6.07) is 17.4. The molecule has 0 heterocycles. The molecule has 0 spiro atoms. The van der Waals surface area contributed by atoms with Gasteiger partial charge in [-0.1, -0.05) is 41.4 Å². The average Bonchev–Trinajstić information content (AvgIpc) is 2.60. The zero-order valence-electron chi connectivity index (χ0n) is 13.5. The minimum Gasteiger partial charge on any atom is -0.457 e. The summed E-state index contributed by atoms with van der Waals surface area (Å²) in [5.41, 5.74) is 2.92. The van der Waals surface area contributed by atoms with E-state index in [4.69, 9.17) is 27.9 Å². The maximum atomic E-state index is 13.1. The molecule has 0 aliphatic heterocycles. The minimum atomic E-state index is -0.251. The Hall–Kier alpha value is -2.07. The lowest BCUT2D eigenvalue weighted by atomic mass is 10.0. The number of hydrogen-bond acceptors (Lipinski definition) is 2. The van der Waals surface area contributed by atoms with Crippen LogP contribution in [0.25, 0.3) is 11.1 Å². The lowest BCUT2D eigenvalue weighted by molar-refractivity contribution is 0.474. The Balaban J connectivity index is 1.93. The number of rotatable bonds is 5. The van der Waals surface area contributed by atoms with Crippen LogP contribution < -0.4 is 10.1 Å². The number of ether oxygens (including phenoxy) is 1. The van der Waals surface area contributed by atoms with Crippen molar-refractivity contribution >= 4 is 23.2 Å². The van der Waals surface area contributed by atoms with E-state index in [1.54, 1.807) is 30.3 Å². The number of hydrogen-bond donors (Lipinski definition) is 1. The molecule has 3 rings (SSSR count). The monoisotopic (exact) mass is 375 g/mol. The first kappa shape index (κ1) is 17.7. The fourth-order valence-electron chi connectivity index (χ4n) is 2.50. The van der Waals surface area contributed by atoms with Gasteiger partial charge in [-0.3, -0.25) is 0 Å². The van der Waals surface area contributed by atoms with Gasteiger partial charge in [0.25, 0.3) is 0 Å². The highest BCUT2D eigenvalue weighted by Crippen LogP contribution is 2.33. The highest BCUT2D eigenvalue weighted by Gasteiger charge is 2.09. The van der Waals surface area contributed by atoms with Crippen molar-refractivity contribution < 1.29 is 9.13 Å². The van der Waals surface area contributed by atoms with Crippen LogP contribution in [0.2, 0.25) is 10.0 Å². The Labute approximate surface area is 156 Å². The van der Waals surface area contributed by atoms with Crippen LogP contribution in [0.15, 0.2) is 60.7 Å². The van der Waals surface area contributed by atoms with Gasteiger partial charge in [0.2, 0.25) is 0 Å². The first-order valence-electron chi connectivity index (χ1n) is 7.73. The van der Waals surface area contributed by atoms with Gasteiger partial charge >= 0.3 is 0 Å². The van der Waals surface area contributed by atoms with Crippen molar-refractivity contribution in [2.45, 2.75) is 6.54 Å². The maximum absolute atomic E-state index is 13.1. The molecule has 0 amide bonds. The first-order chi connectivity index (χ1) is 12.1. The maximum Gasteiger partial charge on any atom is 0.131 e. The lowest BCUT2D eigenvalue weighted by Gasteiger charge is -2.13. The summed E-state index contributed by atoms with van der Waals surface area (Å²) in [6.07, 6.45) is 0. The van der Waals surface area contributed by atoms with Crippen LogP contribution in [0, 0.1) is 5.82 Å². The summed E-state index contributed by atoms with van der Waals surface area (Å²) in [7, 11) is 1.87. The predicted octanol–water partition coefficient (Wildman–Crippen LogP) is 6.31. The molecule has 2 nitrogen and oxygen atoms in total. The van der Waals surface area contributed by atoms with Crippen molar-refractivity contribution in [1.82, 2.24) is 5.32 Å². The van der Waals surface area contributed by atoms with Crippen LogP contribution in [-0.2, 0) is 6.54 Å². The molecule has 1 N–H and O–H groups in total. The van der Waals surface area contributed by atoms with Crippen LogP contribution in [0.5, 0.6) is 11.5 Å². The quantitative estimate of drug-likeness (QED) is 0.563. The zero-order chi connectivity index (χ0) is 17.8. The highest BCUT2D eigenvalue weighted by atomic mass is 35.5. The van der Waals surface area contributed by atoms with Gasteiger partial charge < -0.3 is 10.1 Å². The second-order valence-electron chi connectivity index (χ2n) is 5.54. The summed E-state index contributed by atoms with van der Waals surface area (Å²) in [5, 5.41) is 4.06. The van der Waals surface area contributed by atoms with Crippen LogP contribution >= 0.6 is 23.2 Å². The van der Waals surface area contributed by atoms with Crippen molar-refractivity contribution in [2.75, 3.05) is 7.05 Å². The van der Waals surface area contributed by atoms with Crippen molar-refractivity contribution in [1.29, 1.82) is 0 Å². The third-order valence-electron chi connectivity index (χ3n) is 3.72. The molecule has 0 unspecified atom stereocenters. The Morgan fingerprint density at radius 3 is 2.28 bits per heavy atom. The summed E-state index contributed by atoms with van der Waals surface area (Å²) in [5.74, 6) is 1.08. The molecule has 25 heavy (non-hydrogen) atoms. The topological polar surface area (TPSA) is 21.3 Å². The smallest absolute Gasteiger partial charge is 0.131 e. The van der Waals surface area contributed by atoms with Crippen LogP contribution in [0.1, 0.15) is 5.56 Å². The van der Waals surface area contributed by atoms with E-state index >= 15 is 0 Å². The van der Waals surface area contributed by atoms with E-state index in [1.807, 2.05) is 25.2 Å². The fourth-order valence-corrected chi connectivity index (χ4v) is 2.78. The fraction of sp³-hybridized carbons (Fsp3) is 0.100. The molecular weight excluding hydrogens is 360 g/mol. The van der Waals surface area contributed by atoms with Crippen molar-refractivity contribution in [3.63, 3.8) is 0 Å². The standard InChI is InChI=1S/C20H16Cl2FNO/c1-24-12-15-10-14(13-2-5-16(23)6-3-13)4-9-20(15)25-17-7-8-18(21)19(22)11-17/h2-11,24H,12H2,1H3. The predicted molar refractivity (Wildman–Crippen MR) is 101 cm³/mol. The molecule has 3 aromatic carbocycles. The van der Waals surface area contributed by atoms with E-state index in [-0.39, 0.29) is 5.82 Å². The zero-order valence-corrected chi connectivity index (χ0v) is 15.0. The van der Waals surface area contributed by atoms with E-state index in [2.05, 4.69) is 5.32 Å². The molecule has 3 aromatic rings. The van der Waals surface area contributed by atoms with Gasteiger partial charge in [-0.15, -0.1) is 0 Å². The SMILES string of the molecule is CNCc1cc(-c2ccc(F)cc2)ccc1Oc1ccc(Cl)c(Cl)c1. The first-order valence-corrected chi connectivity index (χ1v) is 8.49. The summed E-state index contributed by atoms with van der Waals surface area (Å²) < 4.78 is 19.1. The molecule has 0 atom stereocenters. The molecule has 0 saturated carbocycles. The highest BCUT2D eigenvalue weighted by molar-refractivity contribution is 6.42. The van der Waals surface area contributed by atoms with Crippen molar-refractivity contribution in [3.8, 4) is 22.6 Å². The largest absolute Gasteiger partial charge is 0.457 e. The van der Waals surface area contributed by atoms with Crippen LogP contribution in [0.4, 0.5) is 4.39 Å². The number of benzene rings is 3.